The van der Waals surface area contributed by atoms with E-state index in [1.54, 1.807) is 0 Å². The number of hydrogen-bond donors (Lipinski definition) is 1. The fourth-order valence-electron chi connectivity index (χ4n) is 4.27. The van der Waals surface area contributed by atoms with Gasteiger partial charge in [0, 0.05) is 38.7 Å². The van der Waals surface area contributed by atoms with Gasteiger partial charge >= 0.3 is 5.97 Å². The first kappa shape index (κ1) is 23.9. The number of rotatable bonds is 5. The average molecular weight is 515 g/mol. The second-order valence-electron chi connectivity index (χ2n) is 7.81. The lowest BCUT2D eigenvalue weighted by atomic mass is 9.89. The Bertz CT molecular complexity index is 671. The predicted octanol–water partition coefficient (Wildman–Crippen LogP) is 3.48. The van der Waals surface area contributed by atoms with Crippen LogP contribution in [0.25, 0.3) is 0 Å². The molecule has 0 bridgehead atoms. The summed E-state index contributed by atoms with van der Waals surface area (Å²) >= 11 is 0. The zero-order chi connectivity index (χ0) is 19.9. The molecule has 4 atom stereocenters. The van der Waals surface area contributed by atoms with Gasteiger partial charge in [-0.05, 0) is 31.2 Å². The Kier molecular flexibility index (Phi) is 9.68. The first-order valence-electron chi connectivity index (χ1n) is 10.4. The van der Waals surface area contributed by atoms with Crippen molar-refractivity contribution in [3.05, 3.63) is 35.9 Å². The van der Waals surface area contributed by atoms with Gasteiger partial charge in [0.1, 0.15) is 0 Å². The van der Waals surface area contributed by atoms with Crippen LogP contribution >= 0.6 is 24.0 Å². The highest BCUT2D eigenvalue weighted by molar-refractivity contribution is 14.0. The molecule has 1 aromatic rings. The van der Waals surface area contributed by atoms with Gasteiger partial charge in [0.25, 0.3) is 0 Å². The molecule has 2 aliphatic rings. The quantitative estimate of drug-likeness (QED) is 0.282. The number of ether oxygens (including phenoxy) is 2. The maximum absolute atomic E-state index is 12.0. The number of halogens is 1. The number of hydrogen-bond acceptors (Lipinski definition) is 4. The molecule has 2 aliphatic heterocycles. The van der Waals surface area contributed by atoms with Crippen molar-refractivity contribution < 1.29 is 14.3 Å². The number of nitrogens with one attached hydrogen (secondary N) is 1. The molecule has 2 heterocycles. The molecule has 7 heteroatoms. The molecular weight excluding hydrogens is 481 g/mol. The van der Waals surface area contributed by atoms with Gasteiger partial charge in [-0.1, -0.05) is 37.3 Å². The SMILES string of the molecule is CCNC(=NCC1CCCOC1c1ccccc1)N1CC(C)C(C(=O)OC)C1.I. The van der Waals surface area contributed by atoms with Crippen LogP contribution in [0.15, 0.2) is 35.3 Å². The summed E-state index contributed by atoms with van der Waals surface area (Å²) in [7, 11) is 1.46. The number of carbonyl (C=O) groups excluding carboxylic acids is 1. The third-order valence-corrected chi connectivity index (χ3v) is 5.80. The van der Waals surface area contributed by atoms with E-state index in [0.29, 0.717) is 12.5 Å². The maximum Gasteiger partial charge on any atom is 0.310 e. The first-order chi connectivity index (χ1) is 13.6. The third-order valence-electron chi connectivity index (χ3n) is 5.80. The van der Waals surface area contributed by atoms with Crippen molar-refractivity contribution in [1.29, 1.82) is 0 Å². The van der Waals surface area contributed by atoms with Gasteiger partial charge in [0.15, 0.2) is 5.96 Å². The Balaban J connectivity index is 0.00000300. The van der Waals surface area contributed by atoms with Crippen molar-refractivity contribution in [2.75, 3.05) is 39.9 Å². The topological polar surface area (TPSA) is 63.2 Å². The van der Waals surface area contributed by atoms with E-state index >= 15 is 0 Å². The smallest absolute Gasteiger partial charge is 0.310 e. The predicted molar refractivity (Wildman–Crippen MR) is 125 cm³/mol. The van der Waals surface area contributed by atoms with Crippen LogP contribution < -0.4 is 5.32 Å². The van der Waals surface area contributed by atoms with Crippen LogP contribution in [0.3, 0.4) is 0 Å². The molecule has 2 saturated heterocycles. The number of nitrogens with zero attached hydrogens (tertiary/aromatic N) is 2. The van der Waals surface area contributed by atoms with E-state index in [1.165, 1.54) is 12.7 Å². The minimum Gasteiger partial charge on any atom is -0.469 e. The molecule has 0 spiro atoms. The molecule has 1 N–H and O–H groups in total. The van der Waals surface area contributed by atoms with E-state index in [2.05, 4.69) is 48.3 Å². The second-order valence-corrected chi connectivity index (χ2v) is 7.81. The lowest BCUT2D eigenvalue weighted by Crippen LogP contribution is -2.41. The van der Waals surface area contributed by atoms with Crippen LogP contribution in [0.1, 0.15) is 38.4 Å². The summed E-state index contributed by atoms with van der Waals surface area (Å²) in [5.41, 5.74) is 1.23. The van der Waals surface area contributed by atoms with Crippen molar-refractivity contribution in [3.8, 4) is 0 Å². The Morgan fingerprint density at radius 3 is 2.76 bits per heavy atom. The summed E-state index contributed by atoms with van der Waals surface area (Å²) in [5.74, 6) is 1.28. The summed E-state index contributed by atoms with van der Waals surface area (Å²) in [5, 5.41) is 3.40. The van der Waals surface area contributed by atoms with Gasteiger partial charge in [0.05, 0.1) is 19.1 Å². The fourth-order valence-corrected chi connectivity index (χ4v) is 4.27. The number of methoxy groups -OCH3 is 1. The third kappa shape index (κ3) is 6.07. The Hall–Kier alpha value is -1.35. The van der Waals surface area contributed by atoms with Crippen LogP contribution in [0.2, 0.25) is 0 Å². The van der Waals surface area contributed by atoms with E-state index in [4.69, 9.17) is 14.5 Å². The van der Waals surface area contributed by atoms with Crippen molar-refractivity contribution in [2.24, 2.45) is 22.7 Å². The molecular formula is C22H34IN3O3. The average Bonchev–Trinajstić information content (AvgIpc) is 3.13. The molecule has 0 saturated carbocycles. The number of carbonyl (C=O) groups is 1. The number of benzene rings is 1. The molecule has 0 aliphatic carbocycles. The molecule has 2 fully saturated rings. The zero-order valence-electron chi connectivity index (χ0n) is 17.7. The minimum absolute atomic E-state index is 0. The van der Waals surface area contributed by atoms with E-state index < -0.39 is 0 Å². The molecule has 29 heavy (non-hydrogen) atoms. The molecule has 1 aromatic carbocycles. The summed E-state index contributed by atoms with van der Waals surface area (Å²) < 4.78 is 11.1. The normalized spacial score (nSPS) is 27.3. The van der Waals surface area contributed by atoms with Gasteiger partial charge in [-0.15, -0.1) is 24.0 Å². The monoisotopic (exact) mass is 515 g/mol. The highest BCUT2D eigenvalue weighted by Gasteiger charge is 2.37. The van der Waals surface area contributed by atoms with Crippen LogP contribution in [-0.4, -0.2) is 56.7 Å². The van der Waals surface area contributed by atoms with E-state index in [0.717, 1.165) is 45.0 Å². The van der Waals surface area contributed by atoms with E-state index in [-0.39, 0.29) is 47.9 Å². The van der Waals surface area contributed by atoms with E-state index in [9.17, 15) is 4.79 Å². The van der Waals surface area contributed by atoms with Crippen molar-refractivity contribution in [1.82, 2.24) is 10.2 Å². The standard InChI is InChI=1S/C22H33N3O3.HI/c1-4-23-22(25-14-16(2)19(15-25)21(26)27-3)24-13-18-11-8-12-28-20(18)17-9-6-5-7-10-17;/h5-7,9-10,16,18-20H,4,8,11-15H2,1-3H3,(H,23,24);1H. The van der Waals surface area contributed by atoms with Crippen molar-refractivity contribution in [3.63, 3.8) is 0 Å². The molecule has 0 amide bonds. The fraction of sp³-hybridized carbons (Fsp3) is 0.636. The summed E-state index contributed by atoms with van der Waals surface area (Å²) in [4.78, 5) is 19.2. The highest BCUT2D eigenvalue weighted by atomic mass is 127. The lowest BCUT2D eigenvalue weighted by Gasteiger charge is -2.32. The minimum atomic E-state index is -0.129. The second kappa shape index (κ2) is 11.7. The van der Waals surface area contributed by atoms with E-state index in [1.807, 2.05) is 6.07 Å². The summed E-state index contributed by atoms with van der Waals surface area (Å²) in [6.45, 7) is 7.97. The van der Waals surface area contributed by atoms with Gasteiger partial charge in [-0.25, -0.2) is 0 Å². The largest absolute Gasteiger partial charge is 0.469 e. The van der Waals surface area contributed by atoms with Crippen molar-refractivity contribution >= 4 is 35.9 Å². The van der Waals surface area contributed by atoms with Crippen molar-refractivity contribution in [2.45, 2.75) is 32.8 Å². The molecule has 3 rings (SSSR count). The number of aliphatic imine (C=N–C) groups is 1. The van der Waals surface area contributed by atoms with Gasteiger partial charge in [-0.3, -0.25) is 9.79 Å². The molecule has 0 aromatic heterocycles. The first-order valence-corrected chi connectivity index (χ1v) is 10.4. The molecule has 4 unspecified atom stereocenters. The molecule has 6 nitrogen and oxygen atoms in total. The summed E-state index contributed by atoms with van der Waals surface area (Å²) in [6.07, 6.45) is 2.29. The maximum atomic E-state index is 12.0. The van der Waals surface area contributed by atoms with Crippen LogP contribution in [-0.2, 0) is 14.3 Å². The van der Waals surface area contributed by atoms with Gasteiger partial charge in [0.2, 0.25) is 0 Å². The number of likely N-dealkylation sites (tertiary alicyclic amines) is 1. The molecule has 0 radical (unpaired) electrons. The Morgan fingerprint density at radius 2 is 2.07 bits per heavy atom. The van der Waals surface area contributed by atoms with Gasteiger partial charge in [-0.2, -0.15) is 0 Å². The number of guanidine groups is 1. The highest BCUT2D eigenvalue weighted by Crippen LogP contribution is 2.34. The Labute approximate surface area is 191 Å². The van der Waals surface area contributed by atoms with Crippen LogP contribution in [0.4, 0.5) is 0 Å². The zero-order valence-corrected chi connectivity index (χ0v) is 20.0. The summed E-state index contributed by atoms with van der Waals surface area (Å²) in [6, 6.07) is 10.4. The van der Waals surface area contributed by atoms with Crippen LogP contribution in [0.5, 0.6) is 0 Å². The van der Waals surface area contributed by atoms with Crippen LogP contribution in [0, 0.1) is 17.8 Å². The lowest BCUT2D eigenvalue weighted by molar-refractivity contribution is -0.145. The molecule has 162 valence electrons. The number of esters is 1. The Morgan fingerprint density at radius 1 is 1.31 bits per heavy atom. The van der Waals surface area contributed by atoms with Gasteiger partial charge < -0.3 is 19.7 Å².